The lowest BCUT2D eigenvalue weighted by molar-refractivity contribution is 0.350. The predicted octanol–water partition coefficient (Wildman–Crippen LogP) is 3.57. The third-order valence-corrected chi connectivity index (χ3v) is 12.5. The highest BCUT2D eigenvalue weighted by molar-refractivity contribution is 6.77. The van der Waals surface area contributed by atoms with E-state index >= 15 is 0 Å². The molecule has 0 bridgehead atoms. The molecule has 1 saturated carbocycles. The molecule has 1 unspecified atom stereocenters. The van der Waals surface area contributed by atoms with Crippen LogP contribution in [0.25, 0.3) is 0 Å². The van der Waals surface area contributed by atoms with E-state index in [1.54, 1.807) is 0 Å². The van der Waals surface area contributed by atoms with Crippen LogP contribution in [0.1, 0.15) is 46.0 Å². The Labute approximate surface area is 113 Å². The maximum absolute atomic E-state index is 6.31. The van der Waals surface area contributed by atoms with E-state index in [-0.39, 0.29) is 9.76 Å². The van der Waals surface area contributed by atoms with E-state index in [2.05, 4.69) is 26.2 Å². The number of rotatable bonds is 5. The van der Waals surface area contributed by atoms with E-state index in [9.17, 15) is 0 Å². The molecule has 0 spiro atoms. The first-order valence-corrected chi connectivity index (χ1v) is 14.6. The molecule has 1 aliphatic rings. The molecule has 1 aliphatic carbocycles. The maximum atomic E-state index is 6.31. The lowest BCUT2D eigenvalue weighted by Gasteiger charge is -2.38. The molecule has 0 aromatic carbocycles. The van der Waals surface area contributed by atoms with E-state index in [0.29, 0.717) is 0 Å². The van der Waals surface area contributed by atoms with Gasteiger partial charge in [-0.2, -0.15) is 0 Å². The van der Waals surface area contributed by atoms with Crippen molar-refractivity contribution in [1.29, 1.82) is 0 Å². The summed E-state index contributed by atoms with van der Waals surface area (Å²) in [6.45, 7) is 13.1. The summed E-state index contributed by atoms with van der Waals surface area (Å²) in [4.78, 5) is 0. The summed E-state index contributed by atoms with van der Waals surface area (Å²) < 4.78 is 12.5. The Morgan fingerprint density at radius 3 is 2.06 bits per heavy atom. The van der Waals surface area contributed by atoms with E-state index < -0.39 is 17.6 Å². The van der Waals surface area contributed by atoms with Crippen molar-refractivity contribution in [2.24, 2.45) is 0 Å². The van der Waals surface area contributed by atoms with Gasteiger partial charge in [-0.25, -0.2) is 0 Å². The van der Waals surface area contributed by atoms with Crippen molar-refractivity contribution in [3.8, 4) is 0 Å². The zero-order chi connectivity index (χ0) is 13.3. The molecule has 0 aromatic heterocycles. The van der Waals surface area contributed by atoms with Gasteiger partial charge in [0.25, 0.3) is 0 Å². The van der Waals surface area contributed by atoms with Gasteiger partial charge in [0, 0.05) is 5.54 Å². The molecule has 0 saturated heterocycles. The van der Waals surface area contributed by atoms with E-state index in [1.807, 2.05) is 13.8 Å². The first-order chi connectivity index (χ1) is 8.08. The molecule has 17 heavy (non-hydrogen) atoms. The summed E-state index contributed by atoms with van der Waals surface area (Å²) in [6, 6.07) is 0. The molecule has 1 fully saturated rings. The minimum Gasteiger partial charge on any atom is -0.442 e. The van der Waals surface area contributed by atoms with Gasteiger partial charge in [-0.3, -0.25) is 0 Å². The topological polar surface area (TPSA) is 18.5 Å². The van der Waals surface area contributed by atoms with Crippen LogP contribution in [0.2, 0.25) is 31.7 Å². The van der Waals surface area contributed by atoms with Crippen LogP contribution in [0.15, 0.2) is 0 Å². The molecule has 0 aromatic rings. The van der Waals surface area contributed by atoms with Gasteiger partial charge in [0.2, 0.25) is 0 Å². The lowest BCUT2D eigenvalue weighted by Crippen LogP contribution is -2.48. The lowest BCUT2D eigenvalue weighted by atomic mass is 10.0. The standard InChI is InChI=1S/C10H26O2Si3.C2H6/c1-13-11-15(4,12-14(2)3)10-8-6-5-7-9-10;1-2/h10,14H,5-9,13H2,1-4H3;1-2H3. The second-order valence-corrected chi connectivity index (χ2v) is 12.6. The fraction of sp³-hybridized carbons (Fsp3) is 1.00. The van der Waals surface area contributed by atoms with Crippen LogP contribution < -0.4 is 0 Å². The highest BCUT2D eigenvalue weighted by atomic mass is 28.4. The Morgan fingerprint density at radius 2 is 1.65 bits per heavy atom. The van der Waals surface area contributed by atoms with Crippen LogP contribution in [0, 0.1) is 0 Å². The Bertz CT molecular complexity index is 185. The fourth-order valence-electron chi connectivity index (χ4n) is 2.63. The quantitative estimate of drug-likeness (QED) is 0.721. The Morgan fingerprint density at radius 1 is 1.12 bits per heavy atom. The summed E-state index contributed by atoms with van der Waals surface area (Å²) >= 11 is 0. The van der Waals surface area contributed by atoms with Crippen molar-refractivity contribution in [1.82, 2.24) is 0 Å². The van der Waals surface area contributed by atoms with Gasteiger partial charge in [-0.15, -0.1) is 0 Å². The second kappa shape index (κ2) is 9.49. The van der Waals surface area contributed by atoms with Gasteiger partial charge in [0.15, 0.2) is 9.04 Å². The molecular formula is C12H32O2Si3. The van der Waals surface area contributed by atoms with Crippen LogP contribution in [-0.2, 0) is 8.23 Å². The van der Waals surface area contributed by atoms with Gasteiger partial charge < -0.3 is 8.23 Å². The minimum absolute atomic E-state index is 0.319. The van der Waals surface area contributed by atoms with Gasteiger partial charge >= 0.3 is 8.56 Å². The SMILES string of the molecule is CC.C[SiH2]O[Si](C)(O[SiH](C)C)C1CCCCC1. The molecule has 0 N–H and O–H groups in total. The molecular weight excluding hydrogens is 260 g/mol. The van der Waals surface area contributed by atoms with E-state index in [0.717, 1.165) is 5.54 Å². The van der Waals surface area contributed by atoms with Crippen LogP contribution in [0.5, 0.6) is 0 Å². The molecule has 0 aliphatic heterocycles. The number of hydrogen-bond donors (Lipinski definition) is 0. The molecule has 2 nitrogen and oxygen atoms in total. The highest BCUT2D eigenvalue weighted by Gasteiger charge is 2.41. The third-order valence-electron chi connectivity index (χ3n) is 3.25. The van der Waals surface area contributed by atoms with Crippen LogP contribution in [-0.4, -0.2) is 27.4 Å². The van der Waals surface area contributed by atoms with Crippen molar-refractivity contribution >= 4 is 27.4 Å². The van der Waals surface area contributed by atoms with Crippen molar-refractivity contribution < 1.29 is 8.23 Å². The van der Waals surface area contributed by atoms with E-state index in [4.69, 9.17) is 8.23 Å². The van der Waals surface area contributed by atoms with Crippen LogP contribution in [0.4, 0.5) is 0 Å². The third kappa shape index (κ3) is 6.33. The van der Waals surface area contributed by atoms with Crippen molar-refractivity contribution in [2.75, 3.05) is 0 Å². The number of hydrogen-bond acceptors (Lipinski definition) is 2. The van der Waals surface area contributed by atoms with Gasteiger partial charge in [0.05, 0.1) is 0 Å². The van der Waals surface area contributed by atoms with Crippen molar-refractivity contribution in [2.45, 2.75) is 77.7 Å². The summed E-state index contributed by atoms with van der Waals surface area (Å²) in [5.41, 5.74) is 0.786. The summed E-state index contributed by atoms with van der Waals surface area (Å²) in [6.07, 6.45) is 6.93. The minimum atomic E-state index is -1.79. The molecule has 104 valence electrons. The zero-order valence-corrected chi connectivity index (χ0v) is 16.3. The monoisotopic (exact) mass is 292 g/mol. The zero-order valence-electron chi connectivity index (χ0n) is 12.7. The molecule has 0 amide bonds. The van der Waals surface area contributed by atoms with Gasteiger partial charge in [-0.1, -0.05) is 39.7 Å². The Kier molecular flexibility index (Phi) is 9.81. The van der Waals surface area contributed by atoms with Crippen molar-refractivity contribution in [3.05, 3.63) is 0 Å². The molecule has 1 rings (SSSR count). The van der Waals surface area contributed by atoms with Gasteiger partial charge in [0.1, 0.15) is 9.76 Å². The largest absolute Gasteiger partial charge is 0.442 e. The average Bonchev–Trinajstić information content (AvgIpc) is 2.32. The first-order valence-electron chi connectivity index (χ1n) is 7.40. The van der Waals surface area contributed by atoms with Crippen LogP contribution >= 0.6 is 0 Å². The smallest absolute Gasteiger partial charge is 0.317 e. The Hall–Kier alpha value is 0.571. The molecule has 0 heterocycles. The molecule has 0 radical (unpaired) electrons. The average molecular weight is 293 g/mol. The van der Waals surface area contributed by atoms with Crippen LogP contribution in [0.3, 0.4) is 0 Å². The molecule has 1 atom stereocenters. The predicted molar refractivity (Wildman–Crippen MR) is 85.3 cm³/mol. The Balaban J connectivity index is 0.00000121. The maximum Gasteiger partial charge on any atom is 0.317 e. The highest BCUT2D eigenvalue weighted by Crippen LogP contribution is 2.38. The summed E-state index contributed by atoms with van der Waals surface area (Å²) in [5.74, 6) is 0. The normalized spacial score (nSPS) is 21.4. The van der Waals surface area contributed by atoms with Crippen molar-refractivity contribution in [3.63, 3.8) is 0 Å². The molecule has 5 heteroatoms. The first kappa shape index (κ1) is 17.6. The fourth-order valence-corrected chi connectivity index (χ4v) is 12.7. The summed E-state index contributed by atoms with van der Waals surface area (Å²) in [7, 11) is -3.05. The van der Waals surface area contributed by atoms with Gasteiger partial charge in [-0.05, 0) is 32.5 Å². The van der Waals surface area contributed by atoms with E-state index in [1.165, 1.54) is 32.1 Å². The summed E-state index contributed by atoms with van der Waals surface area (Å²) in [5, 5.41) is 0. The second-order valence-electron chi connectivity index (χ2n) is 4.95.